The van der Waals surface area contributed by atoms with Gasteiger partial charge in [-0.3, -0.25) is 9.59 Å². The van der Waals surface area contributed by atoms with E-state index in [9.17, 15) is 9.59 Å². The summed E-state index contributed by atoms with van der Waals surface area (Å²) in [7, 11) is 0. The quantitative estimate of drug-likeness (QED) is 0.829. The van der Waals surface area contributed by atoms with Crippen LogP contribution in [0.1, 0.15) is 42.5 Å². The predicted octanol–water partition coefficient (Wildman–Crippen LogP) is 4.56. The van der Waals surface area contributed by atoms with Gasteiger partial charge in [0.2, 0.25) is 11.8 Å². The van der Waals surface area contributed by atoms with E-state index in [-0.39, 0.29) is 18.2 Å². The lowest BCUT2D eigenvalue weighted by atomic mass is 10.1. The third kappa shape index (κ3) is 4.72. The zero-order chi connectivity index (χ0) is 19.3. The minimum atomic E-state index is -0.0787. The van der Waals surface area contributed by atoms with Crippen LogP contribution in [0.25, 0.3) is 0 Å². The molecule has 0 fully saturated rings. The van der Waals surface area contributed by atoms with Crippen molar-refractivity contribution in [3.05, 3.63) is 58.7 Å². The van der Waals surface area contributed by atoms with Gasteiger partial charge in [-0.05, 0) is 49.9 Å². The lowest BCUT2D eigenvalue weighted by molar-refractivity contribution is -0.117. The average molecular weight is 352 g/mol. The first-order valence-corrected chi connectivity index (χ1v) is 9.07. The van der Waals surface area contributed by atoms with Gasteiger partial charge >= 0.3 is 0 Å². The summed E-state index contributed by atoms with van der Waals surface area (Å²) in [5, 5.41) is 3.02. The van der Waals surface area contributed by atoms with Crippen LogP contribution >= 0.6 is 0 Å². The van der Waals surface area contributed by atoms with E-state index in [4.69, 9.17) is 0 Å². The lowest BCUT2D eigenvalue weighted by Gasteiger charge is -2.23. The van der Waals surface area contributed by atoms with E-state index in [2.05, 4.69) is 12.2 Å². The van der Waals surface area contributed by atoms with Gasteiger partial charge in [0.05, 0.1) is 0 Å². The van der Waals surface area contributed by atoms with Crippen molar-refractivity contribution >= 4 is 23.2 Å². The molecule has 2 amide bonds. The van der Waals surface area contributed by atoms with Crippen LogP contribution in [0.3, 0.4) is 0 Å². The number of carbonyl (C=O) groups excluding carboxylic acids is 2. The summed E-state index contributed by atoms with van der Waals surface area (Å²) in [5.74, 6) is -0.139. The second-order valence-corrected chi connectivity index (χ2v) is 6.72. The van der Waals surface area contributed by atoms with Gasteiger partial charge in [-0.2, -0.15) is 0 Å². The van der Waals surface area contributed by atoms with Gasteiger partial charge in [0.25, 0.3) is 0 Å². The summed E-state index contributed by atoms with van der Waals surface area (Å²) in [6.45, 7) is 9.97. The highest BCUT2D eigenvalue weighted by molar-refractivity contribution is 5.96. The molecule has 0 spiro atoms. The largest absolute Gasteiger partial charge is 0.326 e. The first kappa shape index (κ1) is 19.7. The number of aryl methyl sites for hydroxylation is 4. The Kier molecular flexibility index (Phi) is 6.56. The van der Waals surface area contributed by atoms with Crippen LogP contribution < -0.4 is 10.2 Å². The van der Waals surface area contributed by atoms with Gasteiger partial charge in [0.1, 0.15) is 0 Å². The maximum atomic E-state index is 12.5. The van der Waals surface area contributed by atoms with Crippen molar-refractivity contribution in [1.29, 1.82) is 0 Å². The molecule has 0 bridgehead atoms. The molecule has 4 nitrogen and oxygen atoms in total. The standard InChI is InChI=1S/C22H28N2O2/c1-6-19-9-7-8-16(3)22(19)23-21(26)12-13-24(18(5)25)20-11-10-15(2)14-17(20)4/h7-11,14H,6,12-13H2,1-5H3,(H,23,26). The number of para-hydroxylation sites is 1. The number of hydrogen-bond donors (Lipinski definition) is 1. The monoisotopic (exact) mass is 352 g/mol. The number of nitrogens with zero attached hydrogens (tertiary/aromatic N) is 1. The molecule has 0 aliphatic rings. The highest BCUT2D eigenvalue weighted by atomic mass is 16.2. The van der Waals surface area contributed by atoms with Crippen LogP contribution in [0, 0.1) is 20.8 Å². The Morgan fingerprint density at radius 3 is 2.38 bits per heavy atom. The van der Waals surface area contributed by atoms with E-state index < -0.39 is 0 Å². The molecule has 0 aliphatic carbocycles. The second kappa shape index (κ2) is 8.65. The number of hydrogen-bond acceptors (Lipinski definition) is 2. The van der Waals surface area contributed by atoms with Crippen molar-refractivity contribution in [2.24, 2.45) is 0 Å². The number of rotatable bonds is 6. The van der Waals surface area contributed by atoms with E-state index in [1.54, 1.807) is 4.90 Å². The van der Waals surface area contributed by atoms with Crippen LogP contribution in [-0.2, 0) is 16.0 Å². The van der Waals surface area contributed by atoms with Crippen LogP contribution in [0.2, 0.25) is 0 Å². The van der Waals surface area contributed by atoms with Crippen molar-refractivity contribution in [2.45, 2.75) is 47.5 Å². The summed E-state index contributed by atoms with van der Waals surface area (Å²) >= 11 is 0. The molecule has 0 atom stereocenters. The molecular formula is C22H28N2O2. The van der Waals surface area contributed by atoms with Crippen molar-refractivity contribution in [3.63, 3.8) is 0 Å². The normalized spacial score (nSPS) is 10.5. The van der Waals surface area contributed by atoms with Crippen LogP contribution in [-0.4, -0.2) is 18.4 Å². The van der Waals surface area contributed by atoms with Crippen LogP contribution in [0.5, 0.6) is 0 Å². The number of carbonyl (C=O) groups is 2. The van der Waals surface area contributed by atoms with Gasteiger partial charge in [-0.15, -0.1) is 0 Å². The molecule has 2 aromatic carbocycles. The minimum Gasteiger partial charge on any atom is -0.326 e. The van der Waals surface area contributed by atoms with Gasteiger partial charge < -0.3 is 10.2 Å². The van der Waals surface area contributed by atoms with Gasteiger partial charge in [-0.1, -0.05) is 42.8 Å². The number of nitrogens with one attached hydrogen (secondary N) is 1. The fourth-order valence-corrected chi connectivity index (χ4v) is 3.17. The molecule has 0 heterocycles. The number of anilines is 2. The summed E-state index contributed by atoms with van der Waals surface area (Å²) in [5.41, 5.74) is 6.11. The van der Waals surface area contributed by atoms with E-state index in [1.807, 2.05) is 57.2 Å². The van der Waals surface area contributed by atoms with E-state index in [0.29, 0.717) is 6.54 Å². The Hall–Kier alpha value is -2.62. The summed E-state index contributed by atoms with van der Waals surface area (Å²) in [6, 6.07) is 12.0. The van der Waals surface area contributed by atoms with E-state index in [1.165, 1.54) is 6.92 Å². The van der Waals surface area contributed by atoms with Crippen LogP contribution in [0.15, 0.2) is 36.4 Å². The van der Waals surface area contributed by atoms with Gasteiger partial charge in [-0.25, -0.2) is 0 Å². The Labute approximate surface area is 156 Å². The predicted molar refractivity (Wildman–Crippen MR) is 108 cm³/mol. The van der Waals surface area contributed by atoms with Crippen LogP contribution in [0.4, 0.5) is 11.4 Å². The molecule has 0 aromatic heterocycles. The highest BCUT2D eigenvalue weighted by Crippen LogP contribution is 2.23. The van der Waals surface area contributed by atoms with Crippen molar-refractivity contribution in [2.75, 3.05) is 16.8 Å². The zero-order valence-electron chi connectivity index (χ0n) is 16.3. The van der Waals surface area contributed by atoms with Gasteiger partial charge in [0.15, 0.2) is 0 Å². The highest BCUT2D eigenvalue weighted by Gasteiger charge is 2.16. The fourth-order valence-electron chi connectivity index (χ4n) is 3.17. The molecule has 26 heavy (non-hydrogen) atoms. The Morgan fingerprint density at radius 1 is 1.04 bits per heavy atom. The minimum absolute atomic E-state index is 0.0603. The summed E-state index contributed by atoms with van der Waals surface area (Å²) in [6.07, 6.45) is 1.11. The maximum Gasteiger partial charge on any atom is 0.226 e. The molecule has 0 saturated carbocycles. The molecule has 2 rings (SSSR count). The van der Waals surface area contributed by atoms with Gasteiger partial charge in [0, 0.05) is 31.3 Å². The van der Waals surface area contributed by atoms with E-state index >= 15 is 0 Å². The maximum absolute atomic E-state index is 12.5. The van der Waals surface area contributed by atoms with Crippen molar-refractivity contribution in [1.82, 2.24) is 0 Å². The second-order valence-electron chi connectivity index (χ2n) is 6.72. The number of benzene rings is 2. The first-order valence-electron chi connectivity index (χ1n) is 9.07. The Morgan fingerprint density at radius 2 is 1.77 bits per heavy atom. The number of amides is 2. The Balaban J connectivity index is 2.10. The SMILES string of the molecule is CCc1cccc(C)c1NC(=O)CCN(C(C)=O)c1ccc(C)cc1C. The van der Waals surface area contributed by atoms with Crippen molar-refractivity contribution in [3.8, 4) is 0 Å². The molecule has 138 valence electrons. The summed E-state index contributed by atoms with van der Waals surface area (Å²) in [4.78, 5) is 26.3. The molecule has 1 N–H and O–H groups in total. The first-order chi connectivity index (χ1) is 12.3. The molecule has 0 aliphatic heterocycles. The molecule has 0 saturated heterocycles. The molecule has 4 heteroatoms. The Bertz CT molecular complexity index is 812. The topological polar surface area (TPSA) is 49.4 Å². The zero-order valence-corrected chi connectivity index (χ0v) is 16.3. The lowest BCUT2D eigenvalue weighted by Crippen LogP contribution is -2.32. The average Bonchev–Trinajstić information content (AvgIpc) is 2.58. The third-order valence-corrected chi connectivity index (χ3v) is 4.59. The summed E-state index contributed by atoms with van der Waals surface area (Å²) < 4.78 is 0. The molecule has 2 aromatic rings. The third-order valence-electron chi connectivity index (χ3n) is 4.59. The smallest absolute Gasteiger partial charge is 0.226 e. The molecule has 0 unspecified atom stereocenters. The fraction of sp³-hybridized carbons (Fsp3) is 0.364. The van der Waals surface area contributed by atoms with E-state index in [0.717, 1.165) is 40.0 Å². The van der Waals surface area contributed by atoms with Crippen molar-refractivity contribution < 1.29 is 9.59 Å². The molecular weight excluding hydrogens is 324 g/mol. The molecule has 0 radical (unpaired) electrons.